The van der Waals surface area contributed by atoms with Crippen molar-refractivity contribution in [3.05, 3.63) is 0 Å². The fourth-order valence-electron chi connectivity index (χ4n) is 0.779. The van der Waals surface area contributed by atoms with Crippen LogP contribution in [0.2, 0.25) is 0 Å². The zero-order chi connectivity index (χ0) is 7.07. The van der Waals surface area contributed by atoms with Crippen molar-refractivity contribution >= 4 is 0 Å². The van der Waals surface area contributed by atoms with E-state index in [1.165, 1.54) is 0 Å². The maximum atomic E-state index is 5.55. The first kappa shape index (κ1) is 7.03. The molecule has 9 heavy (non-hydrogen) atoms. The van der Waals surface area contributed by atoms with Crippen LogP contribution in [-0.2, 0) is 4.74 Å². The molecule has 0 amide bonds. The molecule has 0 spiro atoms. The van der Waals surface area contributed by atoms with Gasteiger partial charge in [-0.05, 0) is 27.2 Å². The molecule has 0 aromatic heterocycles. The van der Waals surface area contributed by atoms with Crippen LogP contribution in [0.15, 0.2) is 0 Å². The van der Waals surface area contributed by atoms with Crippen molar-refractivity contribution in [1.82, 2.24) is 0 Å². The van der Waals surface area contributed by atoms with Crippen LogP contribution in [-0.4, -0.2) is 17.7 Å². The molecule has 0 aromatic carbocycles. The minimum atomic E-state index is -0.0151. The zero-order valence-electron chi connectivity index (χ0n) is 6.35. The first-order valence-corrected chi connectivity index (χ1v) is 3.42. The highest BCUT2D eigenvalue weighted by atomic mass is 16.5. The van der Waals surface area contributed by atoms with E-state index in [4.69, 9.17) is 10.5 Å². The molecule has 1 aliphatic rings. The van der Waals surface area contributed by atoms with Gasteiger partial charge in [0.15, 0.2) is 0 Å². The fourth-order valence-corrected chi connectivity index (χ4v) is 0.779. The van der Waals surface area contributed by atoms with Gasteiger partial charge in [0, 0.05) is 6.04 Å². The molecular weight excluding hydrogens is 114 g/mol. The summed E-state index contributed by atoms with van der Waals surface area (Å²) in [5, 5.41) is 0. The molecule has 2 nitrogen and oxygen atoms in total. The molecule has 2 unspecified atom stereocenters. The average molecular weight is 129 g/mol. The van der Waals surface area contributed by atoms with Crippen molar-refractivity contribution in [1.29, 1.82) is 0 Å². The van der Waals surface area contributed by atoms with Gasteiger partial charge in [-0.15, -0.1) is 0 Å². The summed E-state index contributed by atoms with van der Waals surface area (Å²) in [6, 6.07) is 0.309. The smallest absolute Gasteiger partial charge is 0.0749 e. The molecular formula is C7H15NO. The molecule has 1 fully saturated rings. The van der Waals surface area contributed by atoms with Gasteiger partial charge in [0.2, 0.25) is 0 Å². The average Bonchev–Trinajstić information content (AvgIpc) is 2.13. The highest BCUT2D eigenvalue weighted by Gasteiger charge is 2.37. The number of hydrogen-bond acceptors (Lipinski definition) is 2. The maximum Gasteiger partial charge on any atom is 0.0749 e. The molecule has 1 aliphatic carbocycles. The molecule has 0 aromatic rings. The molecule has 0 aliphatic heterocycles. The molecule has 0 bridgehead atoms. The highest BCUT2D eigenvalue weighted by Crippen LogP contribution is 2.27. The molecule has 0 radical (unpaired) electrons. The summed E-state index contributed by atoms with van der Waals surface area (Å²) in [5.41, 5.74) is 5.53. The molecule has 2 heteroatoms. The van der Waals surface area contributed by atoms with Crippen molar-refractivity contribution in [3.63, 3.8) is 0 Å². The van der Waals surface area contributed by atoms with Crippen molar-refractivity contribution in [2.45, 2.75) is 44.9 Å². The van der Waals surface area contributed by atoms with E-state index in [0.717, 1.165) is 6.42 Å². The van der Waals surface area contributed by atoms with Crippen LogP contribution in [0.4, 0.5) is 0 Å². The van der Waals surface area contributed by atoms with E-state index >= 15 is 0 Å². The molecule has 1 saturated carbocycles. The summed E-state index contributed by atoms with van der Waals surface area (Å²) >= 11 is 0. The number of hydrogen-bond donors (Lipinski definition) is 1. The number of nitrogens with two attached hydrogens (primary N) is 1. The Balaban J connectivity index is 2.19. The molecule has 0 heterocycles. The Morgan fingerprint density at radius 1 is 1.44 bits per heavy atom. The van der Waals surface area contributed by atoms with Crippen LogP contribution in [0, 0.1) is 0 Å². The van der Waals surface area contributed by atoms with Crippen LogP contribution in [0.25, 0.3) is 0 Å². The van der Waals surface area contributed by atoms with Gasteiger partial charge >= 0.3 is 0 Å². The van der Waals surface area contributed by atoms with Crippen LogP contribution in [0.5, 0.6) is 0 Å². The number of rotatable bonds is 1. The Morgan fingerprint density at radius 3 is 2.00 bits per heavy atom. The standard InChI is InChI=1S/C7H15NO/c1-7(2,3)9-6-4-5(6)8/h5-6H,4,8H2,1-3H3. The van der Waals surface area contributed by atoms with Gasteiger partial charge in [-0.2, -0.15) is 0 Å². The monoisotopic (exact) mass is 129 g/mol. The molecule has 0 saturated heterocycles. The second kappa shape index (κ2) is 1.96. The lowest BCUT2D eigenvalue weighted by Crippen LogP contribution is -2.23. The Kier molecular flexibility index (Phi) is 1.53. The minimum Gasteiger partial charge on any atom is -0.371 e. The van der Waals surface area contributed by atoms with Gasteiger partial charge in [-0.1, -0.05) is 0 Å². The Hall–Kier alpha value is -0.0800. The molecule has 2 atom stereocenters. The summed E-state index contributed by atoms with van der Waals surface area (Å²) in [4.78, 5) is 0. The fraction of sp³-hybridized carbons (Fsp3) is 1.00. The van der Waals surface area contributed by atoms with Gasteiger partial charge in [-0.25, -0.2) is 0 Å². The summed E-state index contributed by atoms with van der Waals surface area (Å²) in [6.07, 6.45) is 1.38. The first-order chi connectivity index (χ1) is 3.99. The van der Waals surface area contributed by atoms with Gasteiger partial charge in [0.1, 0.15) is 0 Å². The number of ether oxygens (including phenoxy) is 1. The lowest BCUT2D eigenvalue weighted by molar-refractivity contribution is -0.0173. The lowest BCUT2D eigenvalue weighted by atomic mass is 10.2. The second-order valence-electron chi connectivity index (χ2n) is 3.67. The Bertz CT molecular complexity index is 106. The summed E-state index contributed by atoms with van der Waals surface area (Å²) in [5.74, 6) is 0. The third-order valence-corrected chi connectivity index (χ3v) is 1.28. The molecule has 1 rings (SSSR count). The van der Waals surface area contributed by atoms with E-state index in [0.29, 0.717) is 12.1 Å². The van der Waals surface area contributed by atoms with Crippen LogP contribution < -0.4 is 5.73 Å². The Labute approximate surface area is 56.4 Å². The van der Waals surface area contributed by atoms with Crippen molar-refractivity contribution < 1.29 is 4.74 Å². The summed E-state index contributed by atoms with van der Waals surface area (Å²) in [6.45, 7) is 6.16. The van der Waals surface area contributed by atoms with Crippen LogP contribution >= 0.6 is 0 Å². The van der Waals surface area contributed by atoms with E-state index in [1.54, 1.807) is 0 Å². The zero-order valence-corrected chi connectivity index (χ0v) is 6.35. The van der Waals surface area contributed by atoms with E-state index in [1.807, 2.05) is 0 Å². The van der Waals surface area contributed by atoms with Crippen molar-refractivity contribution in [3.8, 4) is 0 Å². The van der Waals surface area contributed by atoms with E-state index in [2.05, 4.69) is 20.8 Å². The second-order valence-corrected chi connectivity index (χ2v) is 3.67. The first-order valence-electron chi connectivity index (χ1n) is 3.42. The largest absolute Gasteiger partial charge is 0.371 e. The maximum absolute atomic E-state index is 5.55. The third kappa shape index (κ3) is 2.33. The Morgan fingerprint density at radius 2 is 1.89 bits per heavy atom. The SMILES string of the molecule is CC(C)(C)OC1CC1N. The van der Waals surface area contributed by atoms with Crippen molar-refractivity contribution in [2.75, 3.05) is 0 Å². The predicted octanol–water partition coefficient (Wildman–Crippen LogP) is 0.901. The highest BCUT2D eigenvalue weighted by molar-refractivity contribution is 4.93. The summed E-state index contributed by atoms with van der Waals surface area (Å²) in [7, 11) is 0. The van der Waals surface area contributed by atoms with Gasteiger partial charge in [0.25, 0.3) is 0 Å². The van der Waals surface area contributed by atoms with Gasteiger partial charge in [-0.3, -0.25) is 0 Å². The lowest BCUT2D eigenvalue weighted by Gasteiger charge is -2.18. The van der Waals surface area contributed by atoms with E-state index in [9.17, 15) is 0 Å². The molecule has 54 valence electrons. The normalized spacial score (nSPS) is 34.7. The third-order valence-electron chi connectivity index (χ3n) is 1.28. The van der Waals surface area contributed by atoms with E-state index in [-0.39, 0.29) is 5.60 Å². The predicted molar refractivity (Wildman–Crippen MR) is 37.2 cm³/mol. The van der Waals surface area contributed by atoms with Gasteiger partial charge < -0.3 is 10.5 Å². The van der Waals surface area contributed by atoms with Crippen LogP contribution in [0.3, 0.4) is 0 Å². The van der Waals surface area contributed by atoms with E-state index < -0.39 is 0 Å². The van der Waals surface area contributed by atoms with Crippen molar-refractivity contribution in [2.24, 2.45) is 5.73 Å². The molecule has 2 N–H and O–H groups in total. The summed E-state index contributed by atoms with van der Waals surface area (Å²) < 4.78 is 5.54. The topological polar surface area (TPSA) is 35.2 Å². The van der Waals surface area contributed by atoms with Gasteiger partial charge in [0.05, 0.1) is 11.7 Å². The van der Waals surface area contributed by atoms with Crippen LogP contribution in [0.1, 0.15) is 27.2 Å². The quantitative estimate of drug-likeness (QED) is 0.571. The minimum absolute atomic E-state index is 0.0151.